The number of rotatable bonds is 4. The van der Waals surface area contributed by atoms with Gasteiger partial charge >= 0.3 is 0 Å². The fraction of sp³-hybridized carbons (Fsp3) is 0.350. The second-order valence-electron chi connectivity index (χ2n) is 6.39. The molecule has 3 nitrogen and oxygen atoms in total. The zero-order valence-corrected chi connectivity index (χ0v) is 13.8. The largest absolute Gasteiger partial charge is 0.374 e. The SMILES string of the molecule is Cc1cccc(N[C@@H](C)C(=O)N[C@H]2CCCc3ccccc32)c1. The number of hydrogen-bond donors (Lipinski definition) is 2. The molecule has 0 saturated carbocycles. The Labute approximate surface area is 138 Å². The van der Waals surface area contributed by atoms with Crippen LogP contribution in [0.2, 0.25) is 0 Å². The van der Waals surface area contributed by atoms with Gasteiger partial charge in [0.05, 0.1) is 6.04 Å². The van der Waals surface area contributed by atoms with Crippen LogP contribution in [-0.4, -0.2) is 11.9 Å². The molecule has 0 spiro atoms. The Kier molecular flexibility index (Phi) is 4.65. The van der Waals surface area contributed by atoms with Crippen LogP contribution in [0.5, 0.6) is 0 Å². The maximum atomic E-state index is 12.5. The second-order valence-corrected chi connectivity index (χ2v) is 6.39. The van der Waals surface area contributed by atoms with E-state index in [-0.39, 0.29) is 18.0 Å². The molecular formula is C20H24N2O. The summed E-state index contributed by atoms with van der Waals surface area (Å²) < 4.78 is 0. The Bertz CT molecular complexity index is 696. The zero-order chi connectivity index (χ0) is 16.2. The van der Waals surface area contributed by atoms with Gasteiger partial charge in [-0.3, -0.25) is 4.79 Å². The van der Waals surface area contributed by atoms with Gasteiger partial charge in [-0.1, -0.05) is 36.4 Å². The number of carbonyl (C=O) groups is 1. The summed E-state index contributed by atoms with van der Waals surface area (Å²) in [5, 5.41) is 6.49. The van der Waals surface area contributed by atoms with Crippen molar-refractivity contribution in [3.63, 3.8) is 0 Å². The van der Waals surface area contributed by atoms with Crippen LogP contribution in [0.15, 0.2) is 48.5 Å². The summed E-state index contributed by atoms with van der Waals surface area (Å²) >= 11 is 0. The first-order chi connectivity index (χ1) is 11.1. The molecule has 3 rings (SSSR count). The molecule has 1 aliphatic carbocycles. The number of fused-ring (bicyclic) bond motifs is 1. The van der Waals surface area contributed by atoms with E-state index in [1.165, 1.54) is 16.7 Å². The van der Waals surface area contributed by atoms with Gasteiger partial charge in [0.1, 0.15) is 6.04 Å². The van der Waals surface area contributed by atoms with Crippen molar-refractivity contribution in [2.24, 2.45) is 0 Å². The summed E-state index contributed by atoms with van der Waals surface area (Å²) in [6.45, 7) is 3.96. The van der Waals surface area contributed by atoms with Crippen molar-refractivity contribution in [2.45, 2.75) is 45.2 Å². The molecular weight excluding hydrogens is 284 g/mol. The van der Waals surface area contributed by atoms with Crippen molar-refractivity contribution in [3.05, 3.63) is 65.2 Å². The van der Waals surface area contributed by atoms with Gasteiger partial charge in [-0.25, -0.2) is 0 Å². The van der Waals surface area contributed by atoms with Gasteiger partial charge < -0.3 is 10.6 Å². The molecule has 1 amide bonds. The predicted molar refractivity (Wildman–Crippen MR) is 94.5 cm³/mol. The molecule has 120 valence electrons. The highest BCUT2D eigenvalue weighted by molar-refractivity contribution is 5.84. The number of anilines is 1. The number of carbonyl (C=O) groups excluding carboxylic acids is 1. The summed E-state index contributed by atoms with van der Waals surface area (Å²) in [5.41, 5.74) is 4.80. The van der Waals surface area contributed by atoms with Gasteiger partial charge in [-0.15, -0.1) is 0 Å². The van der Waals surface area contributed by atoms with Crippen LogP contribution in [0, 0.1) is 6.92 Å². The Hall–Kier alpha value is -2.29. The lowest BCUT2D eigenvalue weighted by Gasteiger charge is -2.28. The minimum absolute atomic E-state index is 0.0493. The molecule has 2 N–H and O–H groups in total. The minimum atomic E-state index is -0.258. The third-order valence-corrected chi connectivity index (χ3v) is 4.48. The summed E-state index contributed by atoms with van der Waals surface area (Å²) in [5.74, 6) is 0.0493. The van der Waals surface area contributed by atoms with E-state index in [1.807, 2.05) is 19.1 Å². The summed E-state index contributed by atoms with van der Waals surface area (Å²) in [7, 11) is 0. The van der Waals surface area contributed by atoms with E-state index in [0.29, 0.717) is 0 Å². The highest BCUT2D eigenvalue weighted by atomic mass is 16.2. The van der Waals surface area contributed by atoms with Crippen LogP contribution in [0.1, 0.15) is 42.5 Å². The smallest absolute Gasteiger partial charge is 0.242 e. The third-order valence-electron chi connectivity index (χ3n) is 4.48. The molecule has 0 unspecified atom stereocenters. The van der Waals surface area contributed by atoms with Crippen LogP contribution in [0.4, 0.5) is 5.69 Å². The van der Waals surface area contributed by atoms with E-state index in [4.69, 9.17) is 0 Å². The average molecular weight is 308 g/mol. The molecule has 1 aliphatic rings. The second kappa shape index (κ2) is 6.86. The minimum Gasteiger partial charge on any atom is -0.374 e. The van der Waals surface area contributed by atoms with Gasteiger partial charge in [-0.2, -0.15) is 0 Å². The van der Waals surface area contributed by atoms with Crippen molar-refractivity contribution in [3.8, 4) is 0 Å². The van der Waals surface area contributed by atoms with Crippen molar-refractivity contribution in [1.82, 2.24) is 5.32 Å². The highest BCUT2D eigenvalue weighted by Gasteiger charge is 2.23. The van der Waals surface area contributed by atoms with Crippen molar-refractivity contribution < 1.29 is 4.79 Å². The molecule has 2 aromatic carbocycles. The fourth-order valence-corrected chi connectivity index (χ4v) is 3.25. The molecule has 23 heavy (non-hydrogen) atoms. The molecule has 0 aliphatic heterocycles. The Morgan fingerprint density at radius 3 is 2.83 bits per heavy atom. The molecule has 0 heterocycles. The highest BCUT2D eigenvalue weighted by Crippen LogP contribution is 2.29. The molecule has 2 atom stereocenters. The van der Waals surface area contributed by atoms with Crippen LogP contribution in [0.3, 0.4) is 0 Å². The summed E-state index contributed by atoms with van der Waals surface area (Å²) in [4.78, 5) is 12.5. The van der Waals surface area contributed by atoms with Gasteiger partial charge in [0.15, 0.2) is 0 Å². The van der Waals surface area contributed by atoms with Crippen LogP contribution in [0.25, 0.3) is 0 Å². The first-order valence-electron chi connectivity index (χ1n) is 8.35. The monoisotopic (exact) mass is 308 g/mol. The van der Waals surface area contributed by atoms with E-state index < -0.39 is 0 Å². The molecule has 0 saturated heterocycles. The van der Waals surface area contributed by atoms with Gasteiger partial charge in [0, 0.05) is 5.69 Å². The van der Waals surface area contributed by atoms with Crippen LogP contribution < -0.4 is 10.6 Å². The predicted octanol–water partition coefficient (Wildman–Crippen LogP) is 3.99. The van der Waals surface area contributed by atoms with Gasteiger partial charge in [0.25, 0.3) is 0 Å². The number of amides is 1. The number of hydrogen-bond acceptors (Lipinski definition) is 2. The van der Waals surface area contributed by atoms with E-state index in [0.717, 1.165) is 24.9 Å². The molecule has 0 fully saturated rings. The lowest BCUT2D eigenvalue weighted by atomic mass is 9.87. The molecule has 0 bridgehead atoms. The number of aryl methyl sites for hydroxylation is 2. The Morgan fingerprint density at radius 1 is 1.17 bits per heavy atom. The Balaban J connectivity index is 1.65. The van der Waals surface area contributed by atoms with E-state index in [1.54, 1.807) is 0 Å². The van der Waals surface area contributed by atoms with Crippen molar-refractivity contribution in [2.75, 3.05) is 5.32 Å². The lowest BCUT2D eigenvalue weighted by Crippen LogP contribution is -2.40. The van der Waals surface area contributed by atoms with Gasteiger partial charge in [-0.05, 0) is 61.9 Å². The number of benzene rings is 2. The van der Waals surface area contributed by atoms with E-state index in [2.05, 4.69) is 54.0 Å². The Morgan fingerprint density at radius 2 is 2.00 bits per heavy atom. The van der Waals surface area contributed by atoms with Crippen molar-refractivity contribution >= 4 is 11.6 Å². The third kappa shape index (κ3) is 3.73. The van der Waals surface area contributed by atoms with Gasteiger partial charge in [0.2, 0.25) is 5.91 Å². The fourth-order valence-electron chi connectivity index (χ4n) is 3.25. The average Bonchev–Trinajstić information content (AvgIpc) is 2.55. The number of nitrogens with one attached hydrogen (secondary N) is 2. The lowest BCUT2D eigenvalue weighted by molar-refractivity contribution is -0.122. The maximum absolute atomic E-state index is 12.5. The van der Waals surface area contributed by atoms with Crippen LogP contribution in [-0.2, 0) is 11.2 Å². The first kappa shape index (κ1) is 15.6. The topological polar surface area (TPSA) is 41.1 Å². The normalized spacial score (nSPS) is 17.9. The van der Waals surface area contributed by atoms with Crippen LogP contribution >= 0.6 is 0 Å². The molecule has 3 heteroatoms. The summed E-state index contributed by atoms with van der Waals surface area (Å²) in [6.07, 6.45) is 3.25. The molecule has 2 aromatic rings. The maximum Gasteiger partial charge on any atom is 0.242 e. The van der Waals surface area contributed by atoms with E-state index >= 15 is 0 Å². The molecule has 0 radical (unpaired) electrons. The summed E-state index contributed by atoms with van der Waals surface area (Å²) in [6, 6.07) is 16.4. The quantitative estimate of drug-likeness (QED) is 0.896. The van der Waals surface area contributed by atoms with Crippen molar-refractivity contribution in [1.29, 1.82) is 0 Å². The first-order valence-corrected chi connectivity index (χ1v) is 8.35. The zero-order valence-electron chi connectivity index (χ0n) is 13.8. The van der Waals surface area contributed by atoms with E-state index in [9.17, 15) is 4.79 Å². The molecule has 0 aromatic heterocycles. The standard InChI is InChI=1S/C20H24N2O/c1-14-7-5-10-17(13-14)21-15(2)20(23)22-19-12-6-9-16-8-3-4-11-18(16)19/h3-5,7-8,10-11,13,15,19,21H,6,9,12H2,1-2H3,(H,22,23)/t15-,19-/m0/s1.